The number of thioether (sulfide) groups is 1. The lowest BCUT2D eigenvalue weighted by Crippen LogP contribution is -2.33. The summed E-state index contributed by atoms with van der Waals surface area (Å²) in [6, 6.07) is 9.46. The molecule has 3 rings (SSSR count). The van der Waals surface area contributed by atoms with Gasteiger partial charge < -0.3 is 14.3 Å². The lowest BCUT2D eigenvalue weighted by molar-refractivity contribution is -0.120. The Bertz CT molecular complexity index is 877. The second kappa shape index (κ2) is 7.74. The average Bonchev–Trinajstić information content (AvgIpc) is 3.26. The zero-order valence-electron chi connectivity index (χ0n) is 14.6. The fourth-order valence-corrected chi connectivity index (χ4v) is 3.24. The van der Waals surface area contributed by atoms with Crippen LogP contribution in [0.2, 0.25) is 0 Å². The van der Waals surface area contributed by atoms with E-state index in [1.54, 1.807) is 42.0 Å². The summed E-state index contributed by atoms with van der Waals surface area (Å²) in [5, 5.41) is 11.4. The van der Waals surface area contributed by atoms with E-state index in [2.05, 4.69) is 15.5 Å². The minimum atomic E-state index is -0.370. The molecule has 26 heavy (non-hydrogen) atoms. The van der Waals surface area contributed by atoms with Crippen LogP contribution in [0.5, 0.6) is 0 Å². The number of carbonyl (C=O) groups is 1. The molecule has 1 aromatic carbocycles. The fraction of sp³-hybridized carbons (Fsp3) is 0.278. The van der Waals surface area contributed by atoms with Gasteiger partial charge in [-0.15, -0.1) is 10.2 Å². The second-order valence-electron chi connectivity index (χ2n) is 5.88. The molecular weight excluding hydrogens is 355 g/mol. The van der Waals surface area contributed by atoms with Crippen LogP contribution in [0.4, 0.5) is 4.39 Å². The molecule has 0 saturated heterocycles. The number of rotatable bonds is 6. The summed E-state index contributed by atoms with van der Waals surface area (Å²) in [7, 11) is 1.83. The monoisotopic (exact) mass is 374 g/mol. The van der Waals surface area contributed by atoms with Crippen molar-refractivity contribution in [3.8, 4) is 11.6 Å². The van der Waals surface area contributed by atoms with Gasteiger partial charge in [0.05, 0.1) is 17.6 Å². The smallest absolute Gasteiger partial charge is 0.233 e. The highest BCUT2D eigenvalue weighted by atomic mass is 32.2. The molecule has 6 nitrogen and oxygen atoms in total. The van der Waals surface area contributed by atoms with Crippen molar-refractivity contribution in [1.82, 2.24) is 20.1 Å². The highest BCUT2D eigenvalue weighted by Crippen LogP contribution is 2.26. The molecule has 0 saturated carbocycles. The van der Waals surface area contributed by atoms with E-state index in [1.807, 2.05) is 14.0 Å². The first-order valence-corrected chi connectivity index (χ1v) is 8.99. The van der Waals surface area contributed by atoms with Gasteiger partial charge in [-0.05, 0) is 43.7 Å². The Labute approximate surface area is 154 Å². The number of halogens is 1. The summed E-state index contributed by atoms with van der Waals surface area (Å²) in [6.45, 7) is 3.67. The minimum absolute atomic E-state index is 0.130. The first-order valence-electron chi connectivity index (χ1n) is 8.11. The van der Waals surface area contributed by atoms with Crippen LogP contribution in [0.25, 0.3) is 11.6 Å². The summed E-state index contributed by atoms with van der Waals surface area (Å²) in [5.74, 6) is 0.791. The maximum absolute atomic E-state index is 13.0. The van der Waals surface area contributed by atoms with E-state index in [0.717, 1.165) is 5.56 Å². The van der Waals surface area contributed by atoms with Crippen LogP contribution >= 0.6 is 11.8 Å². The average molecular weight is 374 g/mol. The summed E-state index contributed by atoms with van der Waals surface area (Å²) in [6.07, 6.45) is 1.57. The molecule has 0 aliphatic heterocycles. The molecular formula is C18H19FN4O2S. The maximum atomic E-state index is 13.0. The Balaban J connectivity index is 1.63. The molecule has 3 aromatic rings. The number of carbonyl (C=O) groups excluding carboxylic acids is 1. The summed E-state index contributed by atoms with van der Waals surface area (Å²) < 4.78 is 20.1. The Morgan fingerprint density at radius 3 is 2.62 bits per heavy atom. The molecule has 2 atom stereocenters. The third-order valence-electron chi connectivity index (χ3n) is 3.96. The third-order valence-corrected chi connectivity index (χ3v) is 5.09. The van der Waals surface area contributed by atoms with Crippen LogP contribution in [0.3, 0.4) is 0 Å². The van der Waals surface area contributed by atoms with Gasteiger partial charge in [-0.3, -0.25) is 4.79 Å². The molecule has 2 aromatic heterocycles. The topological polar surface area (TPSA) is 73.0 Å². The molecule has 0 aliphatic carbocycles. The van der Waals surface area contributed by atoms with Crippen molar-refractivity contribution in [2.24, 2.45) is 7.05 Å². The summed E-state index contributed by atoms with van der Waals surface area (Å²) >= 11 is 1.31. The Morgan fingerprint density at radius 1 is 1.23 bits per heavy atom. The Kier molecular flexibility index (Phi) is 5.41. The number of furan rings is 1. The van der Waals surface area contributed by atoms with Gasteiger partial charge >= 0.3 is 0 Å². The number of hydrogen-bond acceptors (Lipinski definition) is 5. The van der Waals surface area contributed by atoms with Crippen molar-refractivity contribution in [3.05, 3.63) is 54.0 Å². The molecule has 0 spiro atoms. The maximum Gasteiger partial charge on any atom is 0.233 e. The predicted octanol–water partition coefficient (Wildman–Crippen LogP) is 3.57. The van der Waals surface area contributed by atoms with Crippen LogP contribution in [-0.2, 0) is 11.8 Å². The van der Waals surface area contributed by atoms with E-state index in [4.69, 9.17) is 4.42 Å². The molecule has 8 heteroatoms. The van der Waals surface area contributed by atoms with Gasteiger partial charge in [0.1, 0.15) is 5.82 Å². The quantitative estimate of drug-likeness (QED) is 0.668. The van der Waals surface area contributed by atoms with Gasteiger partial charge in [-0.25, -0.2) is 4.39 Å². The lowest BCUT2D eigenvalue weighted by Gasteiger charge is -2.17. The zero-order valence-corrected chi connectivity index (χ0v) is 15.5. The van der Waals surface area contributed by atoms with Crippen LogP contribution in [0, 0.1) is 5.82 Å². The number of benzene rings is 1. The lowest BCUT2D eigenvalue weighted by atomic mass is 10.1. The van der Waals surface area contributed by atoms with E-state index in [1.165, 1.54) is 23.9 Å². The Morgan fingerprint density at radius 2 is 1.96 bits per heavy atom. The van der Waals surface area contributed by atoms with Gasteiger partial charge in [-0.2, -0.15) is 0 Å². The van der Waals surface area contributed by atoms with Crippen LogP contribution in [0.1, 0.15) is 25.5 Å². The zero-order chi connectivity index (χ0) is 18.7. The van der Waals surface area contributed by atoms with Crippen LogP contribution in [0.15, 0.2) is 52.2 Å². The van der Waals surface area contributed by atoms with Crippen molar-refractivity contribution in [2.45, 2.75) is 30.3 Å². The molecule has 1 N–H and O–H groups in total. The van der Waals surface area contributed by atoms with Gasteiger partial charge in [0.2, 0.25) is 5.91 Å². The molecule has 136 valence electrons. The van der Waals surface area contributed by atoms with Crippen molar-refractivity contribution in [1.29, 1.82) is 0 Å². The van der Waals surface area contributed by atoms with Crippen molar-refractivity contribution >= 4 is 17.7 Å². The van der Waals surface area contributed by atoms with Crippen molar-refractivity contribution < 1.29 is 13.6 Å². The first-order chi connectivity index (χ1) is 12.5. The normalized spacial score (nSPS) is 13.4. The van der Waals surface area contributed by atoms with Crippen LogP contribution < -0.4 is 5.32 Å². The molecule has 0 bridgehead atoms. The van der Waals surface area contributed by atoms with Crippen molar-refractivity contribution in [3.63, 3.8) is 0 Å². The van der Waals surface area contributed by atoms with Crippen molar-refractivity contribution in [2.75, 3.05) is 0 Å². The number of hydrogen-bond donors (Lipinski definition) is 1. The molecule has 0 unspecified atom stereocenters. The number of aromatic nitrogens is 3. The third kappa shape index (κ3) is 3.96. The van der Waals surface area contributed by atoms with Gasteiger partial charge in [0, 0.05) is 7.05 Å². The Hall–Kier alpha value is -2.61. The number of nitrogens with one attached hydrogen (secondary N) is 1. The standard InChI is InChI=1S/C18H19FN4O2S/c1-11(13-6-8-14(19)9-7-13)20-17(24)12(2)26-18-22-21-16(23(18)3)15-5-4-10-25-15/h4-12H,1-3H3,(H,20,24)/t11-,12+/m0/s1. The molecule has 0 aliphatic rings. The van der Waals surface area contributed by atoms with Gasteiger partial charge in [-0.1, -0.05) is 23.9 Å². The highest BCUT2D eigenvalue weighted by Gasteiger charge is 2.21. The predicted molar refractivity (Wildman–Crippen MR) is 97.0 cm³/mol. The van der Waals surface area contributed by atoms with Gasteiger partial charge in [0.15, 0.2) is 16.7 Å². The van der Waals surface area contributed by atoms with E-state index < -0.39 is 0 Å². The SMILES string of the molecule is C[C@H](NC(=O)[C@@H](C)Sc1nnc(-c2ccco2)n1C)c1ccc(F)cc1. The number of nitrogens with zero attached hydrogens (tertiary/aromatic N) is 3. The molecule has 1 amide bonds. The molecule has 0 radical (unpaired) electrons. The van der Waals surface area contributed by atoms with E-state index in [9.17, 15) is 9.18 Å². The van der Waals surface area contributed by atoms with E-state index in [-0.39, 0.29) is 23.0 Å². The largest absolute Gasteiger partial charge is 0.461 e. The first kappa shape index (κ1) is 18.2. The van der Waals surface area contributed by atoms with E-state index >= 15 is 0 Å². The van der Waals surface area contributed by atoms with E-state index in [0.29, 0.717) is 16.7 Å². The molecule has 2 heterocycles. The van der Waals surface area contributed by atoms with Crippen LogP contribution in [-0.4, -0.2) is 25.9 Å². The molecule has 0 fully saturated rings. The number of amides is 1. The summed E-state index contributed by atoms with van der Waals surface area (Å²) in [4.78, 5) is 12.5. The highest BCUT2D eigenvalue weighted by molar-refractivity contribution is 8.00. The fourth-order valence-electron chi connectivity index (χ4n) is 2.42. The summed E-state index contributed by atoms with van der Waals surface area (Å²) in [5.41, 5.74) is 0.843. The van der Waals surface area contributed by atoms with Gasteiger partial charge in [0.25, 0.3) is 0 Å². The second-order valence-corrected chi connectivity index (χ2v) is 7.19. The minimum Gasteiger partial charge on any atom is -0.461 e.